The summed E-state index contributed by atoms with van der Waals surface area (Å²) >= 11 is 0. The third-order valence-electron chi connectivity index (χ3n) is 3.64. The third-order valence-corrected chi connectivity index (χ3v) is 9.07. The predicted octanol–water partition coefficient (Wildman–Crippen LogP) is 3.00. The molecule has 0 bridgehead atoms. The van der Waals surface area contributed by atoms with Gasteiger partial charge in [0.2, 0.25) is 0 Å². The van der Waals surface area contributed by atoms with Crippen LogP contribution in [-0.2, 0) is 4.43 Å². The average molecular weight is 317 g/mol. The van der Waals surface area contributed by atoms with Crippen LogP contribution >= 0.6 is 0 Å². The van der Waals surface area contributed by atoms with E-state index in [2.05, 4.69) is 65.0 Å². The molecule has 20 heavy (non-hydrogen) atoms. The molecular formula is C15H32O3Si2. The standard InChI is InChI=1S/C15H32O3Si2/c1-15(2,3)20(7,8)18-11-9-13(16)14(17)10-12-19(4,5)6/h13-14,16-17H,9,11H2,1-8H3. The zero-order valence-corrected chi connectivity index (χ0v) is 16.4. The first-order chi connectivity index (χ1) is 8.76. The molecule has 0 aromatic carbocycles. The summed E-state index contributed by atoms with van der Waals surface area (Å²) in [5.74, 6) is 2.77. The molecule has 0 spiro atoms. The molecule has 0 saturated carbocycles. The van der Waals surface area contributed by atoms with E-state index in [0.717, 1.165) is 0 Å². The number of aliphatic hydroxyl groups is 2. The summed E-state index contributed by atoms with van der Waals surface area (Å²) < 4.78 is 5.99. The molecule has 0 heterocycles. The van der Waals surface area contributed by atoms with Gasteiger partial charge < -0.3 is 14.6 Å². The van der Waals surface area contributed by atoms with E-state index in [1.807, 2.05) is 0 Å². The second kappa shape index (κ2) is 7.23. The van der Waals surface area contributed by atoms with Gasteiger partial charge in [-0.05, 0) is 24.6 Å². The van der Waals surface area contributed by atoms with Crippen molar-refractivity contribution in [3.05, 3.63) is 0 Å². The summed E-state index contributed by atoms with van der Waals surface area (Å²) in [4.78, 5) is 0. The van der Waals surface area contributed by atoms with Crippen LogP contribution < -0.4 is 0 Å². The summed E-state index contributed by atoms with van der Waals surface area (Å²) in [7, 11) is -3.29. The van der Waals surface area contributed by atoms with Crippen LogP contribution in [0.25, 0.3) is 0 Å². The fourth-order valence-electron chi connectivity index (χ4n) is 1.20. The summed E-state index contributed by atoms with van der Waals surface area (Å²) in [6, 6.07) is 0. The van der Waals surface area contributed by atoms with Crippen molar-refractivity contribution in [1.82, 2.24) is 0 Å². The lowest BCUT2D eigenvalue weighted by Gasteiger charge is -2.36. The zero-order valence-electron chi connectivity index (χ0n) is 14.4. The lowest BCUT2D eigenvalue weighted by Crippen LogP contribution is -2.41. The van der Waals surface area contributed by atoms with Crippen LogP contribution in [0.4, 0.5) is 0 Å². The van der Waals surface area contributed by atoms with Crippen LogP contribution in [0.1, 0.15) is 27.2 Å². The number of rotatable bonds is 5. The van der Waals surface area contributed by atoms with Gasteiger partial charge in [-0.2, -0.15) is 0 Å². The van der Waals surface area contributed by atoms with Crippen molar-refractivity contribution in [2.24, 2.45) is 0 Å². The maximum absolute atomic E-state index is 9.91. The Hall–Kier alpha value is -0.126. The molecule has 0 aromatic rings. The predicted molar refractivity (Wildman–Crippen MR) is 90.9 cm³/mol. The number of hydrogen-bond acceptors (Lipinski definition) is 3. The molecule has 2 unspecified atom stereocenters. The van der Waals surface area contributed by atoms with Gasteiger partial charge in [0.05, 0.1) is 6.10 Å². The normalized spacial score (nSPS) is 16.3. The molecule has 0 saturated heterocycles. The van der Waals surface area contributed by atoms with Gasteiger partial charge in [0.15, 0.2) is 8.32 Å². The highest BCUT2D eigenvalue weighted by molar-refractivity contribution is 6.83. The highest BCUT2D eigenvalue weighted by Gasteiger charge is 2.37. The van der Waals surface area contributed by atoms with Crippen molar-refractivity contribution in [1.29, 1.82) is 0 Å². The van der Waals surface area contributed by atoms with Gasteiger partial charge in [0.25, 0.3) is 0 Å². The fraction of sp³-hybridized carbons (Fsp3) is 0.867. The second-order valence-electron chi connectivity index (χ2n) is 7.93. The second-order valence-corrected chi connectivity index (χ2v) is 17.5. The van der Waals surface area contributed by atoms with Gasteiger partial charge in [-0.1, -0.05) is 46.3 Å². The van der Waals surface area contributed by atoms with Crippen LogP contribution in [0.2, 0.25) is 37.8 Å². The Morgan fingerprint density at radius 1 is 1.05 bits per heavy atom. The molecule has 118 valence electrons. The molecule has 5 heteroatoms. The van der Waals surface area contributed by atoms with Crippen LogP contribution in [0.15, 0.2) is 0 Å². The lowest BCUT2D eigenvalue weighted by molar-refractivity contribution is 0.0379. The van der Waals surface area contributed by atoms with E-state index in [4.69, 9.17) is 4.43 Å². The largest absolute Gasteiger partial charge is 0.417 e. The van der Waals surface area contributed by atoms with E-state index in [9.17, 15) is 10.2 Å². The van der Waals surface area contributed by atoms with Crippen LogP contribution in [0, 0.1) is 11.5 Å². The first-order valence-corrected chi connectivity index (χ1v) is 13.7. The smallest absolute Gasteiger partial charge is 0.191 e. The minimum absolute atomic E-state index is 0.161. The number of aliphatic hydroxyl groups excluding tert-OH is 2. The molecular weight excluding hydrogens is 284 g/mol. The highest BCUT2D eigenvalue weighted by atomic mass is 28.4. The number of hydrogen-bond donors (Lipinski definition) is 2. The van der Waals surface area contributed by atoms with Gasteiger partial charge in [-0.15, -0.1) is 5.54 Å². The van der Waals surface area contributed by atoms with Gasteiger partial charge in [0.1, 0.15) is 14.2 Å². The van der Waals surface area contributed by atoms with Gasteiger partial charge in [0, 0.05) is 6.61 Å². The average Bonchev–Trinajstić information content (AvgIpc) is 2.22. The van der Waals surface area contributed by atoms with Gasteiger partial charge in [-0.25, -0.2) is 0 Å². The summed E-state index contributed by atoms with van der Waals surface area (Å²) in [6.07, 6.45) is -1.37. The fourth-order valence-corrected chi connectivity index (χ4v) is 2.84. The molecule has 0 amide bonds. The van der Waals surface area contributed by atoms with Crippen molar-refractivity contribution in [2.75, 3.05) is 6.61 Å². The Labute approximate surface area is 126 Å². The molecule has 0 rings (SSSR count). The van der Waals surface area contributed by atoms with Gasteiger partial charge in [-0.3, -0.25) is 0 Å². The van der Waals surface area contributed by atoms with Crippen molar-refractivity contribution in [3.8, 4) is 11.5 Å². The lowest BCUT2D eigenvalue weighted by atomic mass is 10.1. The Bertz CT molecular complexity index is 356. The van der Waals surface area contributed by atoms with Gasteiger partial charge >= 0.3 is 0 Å². The third kappa shape index (κ3) is 7.60. The molecule has 0 aromatic heterocycles. The summed E-state index contributed by atoms with van der Waals surface area (Å²) in [6.45, 7) is 17.7. The van der Waals surface area contributed by atoms with Crippen molar-refractivity contribution in [2.45, 2.75) is 77.2 Å². The molecule has 2 atom stereocenters. The Balaban J connectivity index is 4.30. The first kappa shape index (κ1) is 19.9. The summed E-state index contributed by atoms with van der Waals surface area (Å²) in [5, 5.41) is 19.9. The SMILES string of the molecule is CC(C)(C)[Si](C)(C)OCCC(O)C(O)C#C[Si](C)(C)C. The summed E-state index contributed by atoms with van der Waals surface area (Å²) in [5.41, 5.74) is 3.08. The van der Waals surface area contributed by atoms with E-state index in [-0.39, 0.29) is 5.04 Å². The van der Waals surface area contributed by atoms with E-state index in [1.54, 1.807) is 0 Å². The minimum atomic E-state index is -1.78. The molecule has 0 fully saturated rings. The Kier molecular flexibility index (Phi) is 7.19. The maximum Gasteiger partial charge on any atom is 0.191 e. The van der Waals surface area contributed by atoms with E-state index >= 15 is 0 Å². The monoisotopic (exact) mass is 316 g/mol. The molecule has 2 N–H and O–H groups in total. The van der Waals surface area contributed by atoms with Crippen molar-refractivity contribution in [3.63, 3.8) is 0 Å². The maximum atomic E-state index is 9.91. The minimum Gasteiger partial charge on any atom is -0.417 e. The highest BCUT2D eigenvalue weighted by Crippen LogP contribution is 2.36. The van der Waals surface area contributed by atoms with Crippen LogP contribution in [-0.4, -0.2) is 45.4 Å². The van der Waals surface area contributed by atoms with E-state index in [0.29, 0.717) is 13.0 Å². The zero-order chi connectivity index (χ0) is 16.2. The van der Waals surface area contributed by atoms with Crippen molar-refractivity contribution < 1.29 is 14.6 Å². The topological polar surface area (TPSA) is 49.7 Å². The molecule has 0 aliphatic rings. The Morgan fingerprint density at radius 3 is 1.95 bits per heavy atom. The van der Waals surface area contributed by atoms with E-state index in [1.165, 1.54) is 0 Å². The van der Waals surface area contributed by atoms with E-state index < -0.39 is 28.6 Å². The van der Waals surface area contributed by atoms with Crippen LogP contribution in [0.5, 0.6) is 0 Å². The quantitative estimate of drug-likeness (QED) is 0.605. The molecule has 0 aliphatic heterocycles. The molecule has 0 aliphatic carbocycles. The van der Waals surface area contributed by atoms with Crippen LogP contribution in [0.3, 0.4) is 0 Å². The first-order valence-electron chi connectivity index (χ1n) is 7.29. The Morgan fingerprint density at radius 2 is 1.55 bits per heavy atom. The van der Waals surface area contributed by atoms with Crippen molar-refractivity contribution >= 4 is 16.4 Å². The molecule has 0 radical (unpaired) electrons. The molecule has 3 nitrogen and oxygen atoms in total.